The normalized spacial score (nSPS) is 16.7. The summed E-state index contributed by atoms with van der Waals surface area (Å²) >= 11 is 5.96. The fourth-order valence-electron chi connectivity index (χ4n) is 5.18. The van der Waals surface area contributed by atoms with Gasteiger partial charge in [-0.25, -0.2) is 4.68 Å². The maximum atomic E-state index is 13.2. The van der Waals surface area contributed by atoms with E-state index in [0.29, 0.717) is 23.8 Å². The molecule has 0 radical (unpaired) electrons. The van der Waals surface area contributed by atoms with Gasteiger partial charge in [-0.2, -0.15) is 5.10 Å². The lowest BCUT2D eigenvalue weighted by atomic mass is 9.80. The maximum Gasteiger partial charge on any atom is 0.267 e. The summed E-state index contributed by atoms with van der Waals surface area (Å²) in [5.41, 5.74) is 2.39. The van der Waals surface area contributed by atoms with E-state index in [1.54, 1.807) is 18.2 Å². The number of benzene rings is 2. The Bertz CT molecular complexity index is 1310. The van der Waals surface area contributed by atoms with Gasteiger partial charge >= 0.3 is 0 Å². The minimum absolute atomic E-state index is 0.0327. The van der Waals surface area contributed by atoms with Gasteiger partial charge in [0.25, 0.3) is 11.5 Å². The number of carbonyl (C=O) groups excluding carboxylic acids is 2. The monoisotopic (exact) mass is 490 g/mol. The van der Waals surface area contributed by atoms with Crippen LogP contribution in [0.4, 0.5) is 0 Å². The first kappa shape index (κ1) is 23.3. The molecule has 1 saturated carbocycles. The van der Waals surface area contributed by atoms with Crippen LogP contribution in [0.2, 0.25) is 5.02 Å². The van der Waals surface area contributed by atoms with E-state index >= 15 is 0 Å². The van der Waals surface area contributed by atoms with Crippen LogP contribution < -0.4 is 10.9 Å². The van der Waals surface area contributed by atoms with Gasteiger partial charge < -0.3 is 10.2 Å². The third-order valence-corrected chi connectivity index (χ3v) is 7.34. The Morgan fingerprint density at radius 3 is 2.46 bits per heavy atom. The van der Waals surface area contributed by atoms with Crippen LogP contribution in [-0.4, -0.2) is 38.6 Å². The zero-order chi connectivity index (χ0) is 24.4. The zero-order valence-electron chi connectivity index (χ0n) is 19.4. The molecular weight excluding hydrogens is 464 g/mol. The van der Waals surface area contributed by atoms with Gasteiger partial charge in [-0.3, -0.25) is 14.4 Å². The van der Waals surface area contributed by atoms with Crippen molar-refractivity contribution in [2.75, 3.05) is 6.54 Å². The lowest BCUT2D eigenvalue weighted by Gasteiger charge is -2.44. The fourth-order valence-corrected chi connectivity index (χ4v) is 5.31. The first-order valence-corrected chi connectivity index (χ1v) is 12.3. The van der Waals surface area contributed by atoms with Crippen LogP contribution in [0.15, 0.2) is 65.5 Å². The summed E-state index contributed by atoms with van der Waals surface area (Å²) in [6.07, 6.45) is 4.84. The van der Waals surface area contributed by atoms with Crippen LogP contribution in [0.5, 0.6) is 0 Å². The molecule has 3 aromatic rings. The average molecular weight is 491 g/mol. The van der Waals surface area contributed by atoms with E-state index in [0.717, 1.165) is 48.8 Å². The molecule has 1 aromatic heterocycles. The Kier molecular flexibility index (Phi) is 6.43. The molecule has 35 heavy (non-hydrogen) atoms. The number of aromatic nitrogens is 2. The van der Waals surface area contributed by atoms with Crippen LogP contribution >= 0.6 is 11.6 Å². The first-order chi connectivity index (χ1) is 16.9. The molecule has 180 valence electrons. The number of amides is 2. The molecule has 0 atom stereocenters. The highest BCUT2D eigenvalue weighted by Crippen LogP contribution is 2.38. The van der Waals surface area contributed by atoms with Gasteiger partial charge in [0.15, 0.2) is 0 Å². The molecule has 1 N–H and O–H groups in total. The minimum atomic E-state index is -0.423. The Hall–Kier alpha value is -3.45. The molecule has 1 aliphatic carbocycles. The Balaban J connectivity index is 1.31. The van der Waals surface area contributed by atoms with Gasteiger partial charge in [0, 0.05) is 35.3 Å². The predicted octanol–water partition coefficient (Wildman–Crippen LogP) is 4.04. The van der Waals surface area contributed by atoms with Crippen molar-refractivity contribution in [3.05, 3.63) is 87.2 Å². The van der Waals surface area contributed by atoms with E-state index in [9.17, 15) is 14.4 Å². The maximum absolute atomic E-state index is 13.2. The number of fused-ring (bicyclic) bond motifs is 1. The van der Waals surface area contributed by atoms with E-state index in [1.807, 2.05) is 41.3 Å². The van der Waals surface area contributed by atoms with Crippen molar-refractivity contribution in [1.29, 1.82) is 0 Å². The molecule has 2 amide bonds. The van der Waals surface area contributed by atoms with E-state index in [-0.39, 0.29) is 23.9 Å². The molecule has 1 fully saturated rings. The van der Waals surface area contributed by atoms with Crippen LogP contribution in [0.25, 0.3) is 11.3 Å². The lowest BCUT2D eigenvalue weighted by Crippen LogP contribution is -2.57. The number of hydrogen-bond donors (Lipinski definition) is 1. The van der Waals surface area contributed by atoms with E-state index < -0.39 is 5.54 Å². The number of halogens is 1. The summed E-state index contributed by atoms with van der Waals surface area (Å²) in [5, 5.41) is 8.00. The second-order valence-corrected chi connectivity index (χ2v) is 9.77. The van der Waals surface area contributed by atoms with Crippen molar-refractivity contribution < 1.29 is 9.59 Å². The molecule has 7 nitrogen and oxygen atoms in total. The number of carbonyl (C=O) groups is 2. The number of rotatable bonds is 6. The van der Waals surface area contributed by atoms with Gasteiger partial charge in [0.1, 0.15) is 6.54 Å². The molecule has 2 aromatic carbocycles. The average Bonchev–Trinajstić information content (AvgIpc) is 3.22. The smallest absolute Gasteiger partial charge is 0.267 e. The van der Waals surface area contributed by atoms with Crippen molar-refractivity contribution in [3.8, 4) is 11.3 Å². The summed E-state index contributed by atoms with van der Waals surface area (Å²) in [7, 11) is 0. The number of nitrogens with one attached hydrogen (secondary N) is 1. The van der Waals surface area contributed by atoms with Crippen molar-refractivity contribution in [2.45, 2.75) is 50.7 Å². The topological polar surface area (TPSA) is 84.3 Å². The third kappa shape index (κ3) is 4.73. The van der Waals surface area contributed by atoms with Gasteiger partial charge in [-0.05, 0) is 42.7 Å². The summed E-state index contributed by atoms with van der Waals surface area (Å²) < 4.78 is 1.17. The van der Waals surface area contributed by atoms with Crippen LogP contribution in [-0.2, 0) is 17.9 Å². The number of nitrogens with zero attached hydrogens (tertiary/aromatic N) is 3. The van der Waals surface area contributed by atoms with E-state index in [2.05, 4.69) is 10.4 Å². The van der Waals surface area contributed by atoms with Crippen LogP contribution in [0.1, 0.15) is 48.0 Å². The second kappa shape index (κ2) is 9.66. The molecule has 2 aliphatic rings. The Morgan fingerprint density at radius 2 is 1.71 bits per heavy atom. The molecule has 1 aliphatic heterocycles. The molecule has 2 heterocycles. The molecule has 0 spiro atoms. The quantitative estimate of drug-likeness (QED) is 0.565. The molecule has 0 unspecified atom stereocenters. The summed E-state index contributed by atoms with van der Waals surface area (Å²) in [4.78, 5) is 40.5. The van der Waals surface area contributed by atoms with Gasteiger partial charge in [-0.15, -0.1) is 0 Å². The van der Waals surface area contributed by atoms with Crippen molar-refractivity contribution in [1.82, 2.24) is 20.0 Å². The fraction of sp³-hybridized carbons (Fsp3) is 0.333. The summed E-state index contributed by atoms with van der Waals surface area (Å²) in [5.74, 6) is -0.271. The lowest BCUT2D eigenvalue weighted by molar-refractivity contribution is -0.122. The zero-order valence-corrected chi connectivity index (χ0v) is 20.1. The molecule has 8 heteroatoms. The predicted molar refractivity (Wildman–Crippen MR) is 134 cm³/mol. The Morgan fingerprint density at radius 1 is 0.971 bits per heavy atom. The van der Waals surface area contributed by atoms with Crippen LogP contribution in [0.3, 0.4) is 0 Å². The van der Waals surface area contributed by atoms with Crippen LogP contribution in [0, 0.1) is 0 Å². The first-order valence-electron chi connectivity index (χ1n) is 12.0. The number of hydrogen-bond acceptors (Lipinski definition) is 4. The molecular formula is C27H27ClN4O3. The van der Waals surface area contributed by atoms with Crippen molar-refractivity contribution >= 4 is 23.4 Å². The summed E-state index contributed by atoms with van der Waals surface area (Å²) in [6, 6.07) is 17.9. The van der Waals surface area contributed by atoms with Gasteiger partial charge in [0.05, 0.1) is 11.2 Å². The highest BCUT2D eigenvalue weighted by molar-refractivity contribution is 6.30. The van der Waals surface area contributed by atoms with E-state index in [1.165, 1.54) is 10.7 Å². The second-order valence-electron chi connectivity index (χ2n) is 9.33. The largest absolute Gasteiger partial charge is 0.352 e. The Labute approximate surface area is 208 Å². The summed E-state index contributed by atoms with van der Waals surface area (Å²) in [6.45, 7) is 0.733. The minimum Gasteiger partial charge on any atom is -0.352 e. The van der Waals surface area contributed by atoms with Gasteiger partial charge in [0.2, 0.25) is 5.91 Å². The molecule has 0 saturated heterocycles. The highest BCUT2D eigenvalue weighted by Gasteiger charge is 2.44. The molecule has 0 bridgehead atoms. The van der Waals surface area contributed by atoms with Crippen molar-refractivity contribution in [2.24, 2.45) is 0 Å². The standard InChI is InChI=1S/C27H27ClN4O3/c28-21-10-8-19(9-11-21)23-12-13-25(34)32(30-23)17-24(33)29-18-27(14-4-1-5-15-27)31-16-20-6-2-3-7-22(20)26(31)35/h2-3,6-13H,1,4-5,14-18H2,(H,29,33). The van der Waals surface area contributed by atoms with E-state index in [4.69, 9.17) is 11.6 Å². The molecule has 5 rings (SSSR count). The van der Waals surface area contributed by atoms with Gasteiger partial charge in [-0.1, -0.05) is 61.2 Å². The van der Waals surface area contributed by atoms with Crippen molar-refractivity contribution in [3.63, 3.8) is 0 Å². The third-order valence-electron chi connectivity index (χ3n) is 7.09. The SMILES string of the molecule is O=C(Cn1nc(-c2ccc(Cl)cc2)ccc1=O)NCC1(N2Cc3ccccc3C2=O)CCCCC1. The highest BCUT2D eigenvalue weighted by atomic mass is 35.5.